The zero-order valence-corrected chi connectivity index (χ0v) is 10.4. The van der Waals surface area contributed by atoms with Gasteiger partial charge in [0.15, 0.2) is 5.76 Å². The quantitative estimate of drug-likeness (QED) is 0.744. The molecule has 0 bridgehead atoms. The molecule has 0 spiro atoms. The van der Waals surface area contributed by atoms with Crippen LogP contribution in [0.4, 0.5) is 0 Å². The largest absolute Gasteiger partial charge is 0.379 e. The Morgan fingerprint density at radius 3 is 2.94 bits per heavy atom. The number of nitrogens with zero attached hydrogens (tertiary/aromatic N) is 2. The Balaban J connectivity index is 1.51. The molecular weight excluding hydrogens is 218 g/mol. The Morgan fingerprint density at radius 2 is 2.24 bits per heavy atom. The van der Waals surface area contributed by atoms with Crippen LogP contribution in [0.1, 0.15) is 17.9 Å². The lowest BCUT2D eigenvalue weighted by Crippen LogP contribution is -2.37. The van der Waals surface area contributed by atoms with Crippen molar-refractivity contribution in [1.29, 1.82) is 0 Å². The molecule has 2 heterocycles. The molecule has 0 aromatic carbocycles. The lowest BCUT2D eigenvalue weighted by atomic mass is 10.3. The van der Waals surface area contributed by atoms with Crippen molar-refractivity contribution in [1.82, 2.24) is 15.4 Å². The summed E-state index contributed by atoms with van der Waals surface area (Å²) in [6.45, 7) is 8.76. The Bertz CT molecular complexity index is 321. The number of rotatable bonds is 6. The molecule has 1 saturated heterocycles. The summed E-state index contributed by atoms with van der Waals surface area (Å²) >= 11 is 0. The summed E-state index contributed by atoms with van der Waals surface area (Å²) in [5, 5.41) is 7.21. The minimum atomic E-state index is 0.768. The second-order valence-corrected chi connectivity index (χ2v) is 4.42. The Labute approximate surface area is 102 Å². The van der Waals surface area contributed by atoms with Crippen molar-refractivity contribution in [3.05, 3.63) is 17.5 Å². The van der Waals surface area contributed by atoms with Crippen LogP contribution in [0.3, 0.4) is 0 Å². The van der Waals surface area contributed by atoms with Gasteiger partial charge in [0.2, 0.25) is 0 Å². The molecule has 0 aliphatic carbocycles. The Morgan fingerprint density at radius 1 is 1.41 bits per heavy atom. The molecule has 0 unspecified atom stereocenters. The van der Waals surface area contributed by atoms with Crippen LogP contribution in [0.5, 0.6) is 0 Å². The first-order valence-corrected chi connectivity index (χ1v) is 6.27. The van der Waals surface area contributed by atoms with Crippen molar-refractivity contribution < 1.29 is 9.26 Å². The molecule has 0 radical (unpaired) electrons. The summed E-state index contributed by atoms with van der Waals surface area (Å²) in [7, 11) is 0. The Kier molecular flexibility index (Phi) is 4.97. The molecule has 0 amide bonds. The van der Waals surface area contributed by atoms with Crippen molar-refractivity contribution in [2.45, 2.75) is 19.9 Å². The van der Waals surface area contributed by atoms with E-state index in [2.05, 4.69) is 15.4 Å². The van der Waals surface area contributed by atoms with Gasteiger partial charge in [0.05, 0.1) is 25.5 Å². The van der Waals surface area contributed by atoms with Crippen molar-refractivity contribution >= 4 is 0 Å². The van der Waals surface area contributed by atoms with Crippen LogP contribution >= 0.6 is 0 Å². The number of nitrogens with one attached hydrogen (secondary N) is 1. The first kappa shape index (κ1) is 12.5. The molecule has 1 aliphatic heterocycles. The molecule has 1 N–H and O–H groups in total. The molecule has 1 aliphatic rings. The first-order valence-electron chi connectivity index (χ1n) is 6.27. The monoisotopic (exact) mass is 239 g/mol. The zero-order valence-electron chi connectivity index (χ0n) is 10.4. The third-order valence-corrected chi connectivity index (χ3v) is 2.91. The van der Waals surface area contributed by atoms with Gasteiger partial charge in [-0.25, -0.2) is 0 Å². The number of hydrogen-bond donors (Lipinski definition) is 1. The molecule has 0 saturated carbocycles. The first-order chi connectivity index (χ1) is 8.34. The van der Waals surface area contributed by atoms with E-state index in [1.54, 1.807) is 0 Å². The van der Waals surface area contributed by atoms with Gasteiger partial charge in [0.25, 0.3) is 0 Å². The van der Waals surface area contributed by atoms with Crippen LogP contribution in [-0.4, -0.2) is 49.4 Å². The van der Waals surface area contributed by atoms with Gasteiger partial charge >= 0.3 is 0 Å². The van der Waals surface area contributed by atoms with Gasteiger partial charge < -0.3 is 14.6 Å². The average molecular weight is 239 g/mol. The maximum absolute atomic E-state index is 5.31. The highest BCUT2D eigenvalue weighted by molar-refractivity contribution is 5.02. The van der Waals surface area contributed by atoms with E-state index in [-0.39, 0.29) is 0 Å². The molecule has 1 aromatic heterocycles. The summed E-state index contributed by atoms with van der Waals surface area (Å²) < 4.78 is 10.4. The highest BCUT2D eigenvalue weighted by atomic mass is 16.5. The minimum Gasteiger partial charge on any atom is -0.379 e. The van der Waals surface area contributed by atoms with Crippen molar-refractivity contribution in [2.24, 2.45) is 0 Å². The van der Waals surface area contributed by atoms with Crippen LogP contribution in [0.25, 0.3) is 0 Å². The summed E-state index contributed by atoms with van der Waals surface area (Å²) in [6.07, 6.45) is 1.16. The SMILES string of the molecule is Cc1cc(CNCCCN2CCOCC2)on1. The zero-order chi connectivity index (χ0) is 11.9. The average Bonchev–Trinajstić information content (AvgIpc) is 2.76. The van der Waals surface area contributed by atoms with E-state index in [1.165, 1.54) is 0 Å². The summed E-state index contributed by atoms with van der Waals surface area (Å²) in [5.74, 6) is 0.911. The summed E-state index contributed by atoms with van der Waals surface area (Å²) in [6, 6.07) is 1.97. The van der Waals surface area contributed by atoms with Gasteiger partial charge in [0.1, 0.15) is 0 Å². The molecule has 5 heteroatoms. The number of hydrogen-bond acceptors (Lipinski definition) is 5. The molecular formula is C12H21N3O2. The number of aromatic nitrogens is 1. The fourth-order valence-corrected chi connectivity index (χ4v) is 1.96. The van der Waals surface area contributed by atoms with Gasteiger partial charge in [-0.15, -0.1) is 0 Å². The third kappa shape index (κ3) is 4.46. The van der Waals surface area contributed by atoms with Crippen molar-refractivity contribution in [2.75, 3.05) is 39.4 Å². The normalized spacial score (nSPS) is 17.5. The van der Waals surface area contributed by atoms with Gasteiger partial charge in [-0.05, 0) is 26.4 Å². The van der Waals surface area contributed by atoms with Crippen molar-refractivity contribution in [3.8, 4) is 0 Å². The van der Waals surface area contributed by atoms with E-state index in [1.807, 2.05) is 13.0 Å². The number of aryl methyl sites for hydroxylation is 1. The van der Waals surface area contributed by atoms with Crippen LogP contribution in [-0.2, 0) is 11.3 Å². The van der Waals surface area contributed by atoms with Crippen LogP contribution in [0.15, 0.2) is 10.6 Å². The van der Waals surface area contributed by atoms with Gasteiger partial charge in [-0.2, -0.15) is 0 Å². The predicted octanol–water partition coefficient (Wildman–Crippen LogP) is 0.795. The van der Waals surface area contributed by atoms with Gasteiger partial charge in [-0.3, -0.25) is 4.90 Å². The smallest absolute Gasteiger partial charge is 0.150 e. The fourth-order valence-electron chi connectivity index (χ4n) is 1.96. The molecule has 96 valence electrons. The van der Waals surface area contributed by atoms with E-state index in [4.69, 9.17) is 9.26 Å². The highest BCUT2D eigenvalue weighted by Gasteiger charge is 2.08. The maximum atomic E-state index is 5.31. The van der Waals surface area contributed by atoms with E-state index in [0.717, 1.165) is 63.8 Å². The molecule has 5 nitrogen and oxygen atoms in total. The lowest BCUT2D eigenvalue weighted by Gasteiger charge is -2.26. The predicted molar refractivity (Wildman–Crippen MR) is 64.8 cm³/mol. The van der Waals surface area contributed by atoms with E-state index >= 15 is 0 Å². The van der Waals surface area contributed by atoms with Crippen LogP contribution < -0.4 is 5.32 Å². The van der Waals surface area contributed by atoms with Crippen LogP contribution in [0.2, 0.25) is 0 Å². The van der Waals surface area contributed by atoms with Crippen molar-refractivity contribution in [3.63, 3.8) is 0 Å². The second kappa shape index (κ2) is 6.74. The maximum Gasteiger partial charge on any atom is 0.150 e. The summed E-state index contributed by atoms with van der Waals surface area (Å²) in [4.78, 5) is 2.45. The van der Waals surface area contributed by atoms with Crippen LogP contribution in [0, 0.1) is 6.92 Å². The second-order valence-electron chi connectivity index (χ2n) is 4.42. The van der Waals surface area contributed by atoms with E-state index in [0.29, 0.717) is 0 Å². The minimum absolute atomic E-state index is 0.768. The standard InChI is InChI=1S/C12H21N3O2/c1-11-9-12(17-14-11)10-13-3-2-4-15-5-7-16-8-6-15/h9,13H,2-8,10H2,1H3. The topological polar surface area (TPSA) is 50.5 Å². The lowest BCUT2D eigenvalue weighted by molar-refractivity contribution is 0.0374. The fraction of sp³-hybridized carbons (Fsp3) is 0.750. The van der Waals surface area contributed by atoms with Gasteiger partial charge in [0, 0.05) is 19.2 Å². The number of ether oxygens (including phenoxy) is 1. The van der Waals surface area contributed by atoms with Gasteiger partial charge in [-0.1, -0.05) is 5.16 Å². The van der Waals surface area contributed by atoms with E-state index < -0.39 is 0 Å². The number of morpholine rings is 1. The molecule has 1 fully saturated rings. The summed E-state index contributed by atoms with van der Waals surface area (Å²) in [5.41, 5.74) is 0.940. The Hall–Kier alpha value is -0.910. The molecule has 1 aromatic rings. The van der Waals surface area contributed by atoms with E-state index in [9.17, 15) is 0 Å². The molecule has 2 rings (SSSR count). The molecule has 0 atom stereocenters. The molecule has 17 heavy (non-hydrogen) atoms. The third-order valence-electron chi connectivity index (χ3n) is 2.91. The highest BCUT2D eigenvalue weighted by Crippen LogP contribution is 2.01.